The van der Waals surface area contributed by atoms with Gasteiger partial charge >= 0.3 is 0 Å². The summed E-state index contributed by atoms with van der Waals surface area (Å²) >= 11 is 0. The molecule has 2 N–H and O–H groups in total. The highest BCUT2D eigenvalue weighted by molar-refractivity contribution is 5.93. The van der Waals surface area contributed by atoms with Crippen molar-refractivity contribution < 1.29 is 14.7 Å². The van der Waals surface area contributed by atoms with E-state index >= 15 is 0 Å². The van der Waals surface area contributed by atoms with Gasteiger partial charge in [0.2, 0.25) is 5.91 Å². The van der Waals surface area contributed by atoms with E-state index in [-0.39, 0.29) is 11.4 Å². The van der Waals surface area contributed by atoms with Gasteiger partial charge in [-0.05, 0) is 62.5 Å². The highest BCUT2D eigenvalue weighted by Gasteiger charge is 2.50. The van der Waals surface area contributed by atoms with Crippen molar-refractivity contribution in [3.05, 3.63) is 30.3 Å². The van der Waals surface area contributed by atoms with Crippen LogP contribution in [0.1, 0.15) is 59.3 Å². The van der Waals surface area contributed by atoms with Crippen molar-refractivity contribution in [3.63, 3.8) is 0 Å². The van der Waals surface area contributed by atoms with Crippen LogP contribution in [0.3, 0.4) is 0 Å². The van der Waals surface area contributed by atoms with Gasteiger partial charge in [-0.3, -0.25) is 9.59 Å². The van der Waals surface area contributed by atoms with Crippen molar-refractivity contribution in [2.75, 3.05) is 24.7 Å². The van der Waals surface area contributed by atoms with Crippen molar-refractivity contribution in [2.45, 2.75) is 70.9 Å². The van der Waals surface area contributed by atoms with Gasteiger partial charge in [-0.1, -0.05) is 32.0 Å². The third kappa shape index (κ3) is 4.97. The van der Waals surface area contributed by atoms with E-state index in [1.807, 2.05) is 6.07 Å². The van der Waals surface area contributed by atoms with Crippen LogP contribution >= 0.6 is 0 Å². The molecule has 0 radical (unpaired) electrons. The zero-order valence-electron chi connectivity index (χ0n) is 18.6. The number of nitrogens with one attached hydrogen (secondary N) is 1. The standard InChI is InChI=1S/C22H33N3O.C2H4O2/c1-17(2)18-8-10-19(11-9-18)24-14-12-22(13-15-24)21(26)23-16-25(22)20-6-4-3-5-7-20;1-2(3)4/h3-7,17-19H,8-16H2,1-2H3,(H,23,26);1H3,(H,3,4). The van der Waals surface area contributed by atoms with Crippen LogP contribution in [0.4, 0.5) is 5.69 Å². The highest BCUT2D eigenvalue weighted by atomic mass is 16.4. The fraction of sp³-hybridized carbons (Fsp3) is 0.667. The molecule has 6 nitrogen and oxygen atoms in total. The number of rotatable bonds is 3. The van der Waals surface area contributed by atoms with E-state index in [2.05, 4.69) is 53.2 Å². The number of carbonyl (C=O) groups is 2. The largest absolute Gasteiger partial charge is 0.481 e. The molecule has 166 valence electrons. The lowest BCUT2D eigenvalue weighted by atomic mass is 9.78. The lowest BCUT2D eigenvalue weighted by molar-refractivity contribution is -0.134. The molecule has 0 atom stereocenters. The maximum absolute atomic E-state index is 12.8. The minimum absolute atomic E-state index is 0.226. The molecule has 0 aromatic heterocycles. The normalized spacial score (nSPS) is 26.3. The third-order valence-electron chi connectivity index (χ3n) is 7.23. The molecule has 1 aromatic carbocycles. The number of benzene rings is 1. The summed E-state index contributed by atoms with van der Waals surface area (Å²) in [5.41, 5.74) is 0.823. The molecule has 4 rings (SSSR count). The molecular weight excluding hydrogens is 378 g/mol. The number of para-hydroxylation sites is 1. The molecule has 30 heavy (non-hydrogen) atoms. The van der Waals surface area contributed by atoms with Crippen LogP contribution in [0.15, 0.2) is 30.3 Å². The first-order chi connectivity index (χ1) is 14.3. The van der Waals surface area contributed by atoms with Crippen molar-refractivity contribution in [1.82, 2.24) is 10.2 Å². The van der Waals surface area contributed by atoms with Gasteiger partial charge in [-0.2, -0.15) is 0 Å². The van der Waals surface area contributed by atoms with E-state index in [1.165, 1.54) is 25.7 Å². The summed E-state index contributed by atoms with van der Waals surface area (Å²) in [6.07, 6.45) is 7.31. The number of hydrogen-bond acceptors (Lipinski definition) is 4. The summed E-state index contributed by atoms with van der Waals surface area (Å²) in [4.78, 5) is 26.7. The highest BCUT2D eigenvalue weighted by Crippen LogP contribution is 2.39. The van der Waals surface area contributed by atoms with Gasteiger partial charge < -0.3 is 20.2 Å². The molecule has 2 heterocycles. The second-order valence-corrected chi connectivity index (χ2v) is 9.33. The molecular formula is C24H37N3O3. The predicted octanol–water partition coefficient (Wildman–Crippen LogP) is 3.72. The van der Waals surface area contributed by atoms with Gasteiger partial charge in [0.15, 0.2) is 0 Å². The Bertz CT molecular complexity index is 702. The maximum Gasteiger partial charge on any atom is 0.300 e. The molecule has 1 spiro atoms. The second-order valence-electron chi connectivity index (χ2n) is 9.33. The smallest absolute Gasteiger partial charge is 0.300 e. The van der Waals surface area contributed by atoms with Crippen molar-refractivity contribution >= 4 is 17.6 Å². The summed E-state index contributed by atoms with van der Waals surface area (Å²) in [6, 6.07) is 11.2. The summed E-state index contributed by atoms with van der Waals surface area (Å²) in [5.74, 6) is 1.13. The Morgan fingerprint density at radius 3 is 2.20 bits per heavy atom. The lowest BCUT2D eigenvalue weighted by Crippen LogP contribution is -2.58. The monoisotopic (exact) mass is 415 g/mol. The number of amides is 1. The van der Waals surface area contributed by atoms with Crippen molar-refractivity contribution in [3.8, 4) is 0 Å². The summed E-state index contributed by atoms with van der Waals surface area (Å²) in [5, 5.41) is 10.5. The van der Waals surface area contributed by atoms with Crippen molar-refractivity contribution in [2.24, 2.45) is 11.8 Å². The first-order valence-electron chi connectivity index (χ1n) is 11.4. The number of piperidine rings is 1. The van der Waals surface area contributed by atoms with Gasteiger partial charge in [0.05, 0.1) is 6.67 Å². The molecule has 3 fully saturated rings. The Hall–Kier alpha value is -2.08. The van der Waals surface area contributed by atoms with Crippen LogP contribution in [0.2, 0.25) is 0 Å². The minimum atomic E-state index is -0.833. The Morgan fingerprint density at radius 2 is 1.67 bits per heavy atom. The number of anilines is 1. The van der Waals surface area contributed by atoms with Crippen LogP contribution in [-0.4, -0.2) is 53.2 Å². The number of carboxylic acid groups (broad SMARTS) is 1. The van der Waals surface area contributed by atoms with Crippen LogP contribution < -0.4 is 10.2 Å². The summed E-state index contributed by atoms with van der Waals surface area (Å²) < 4.78 is 0. The number of likely N-dealkylation sites (tertiary alicyclic amines) is 1. The SMILES string of the molecule is CC(=O)O.CC(C)C1CCC(N2CCC3(CC2)C(=O)NCN3c2ccccc2)CC1. The van der Waals surface area contributed by atoms with E-state index in [9.17, 15) is 4.79 Å². The molecule has 2 saturated heterocycles. The van der Waals surface area contributed by atoms with Gasteiger partial charge in [-0.25, -0.2) is 0 Å². The van der Waals surface area contributed by atoms with Gasteiger partial charge in [0, 0.05) is 31.7 Å². The Kier molecular flexibility index (Phi) is 7.40. The van der Waals surface area contributed by atoms with Crippen LogP contribution in [0, 0.1) is 11.8 Å². The van der Waals surface area contributed by atoms with E-state index < -0.39 is 5.97 Å². The van der Waals surface area contributed by atoms with Gasteiger partial charge in [0.1, 0.15) is 5.54 Å². The Morgan fingerprint density at radius 1 is 1.10 bits per heavy atom. The van der Waals surface area contributed by atoms with E-state index in [0.29, 0.717) is 6.67 Å². The zero-order valence-corrected chi connectivity index (χ0v) is 18.6. The molecule has 6 heteroatoms. The quantitative estimate of drug-likeness (QED) is 0.787. The van der Waals surface area contributed by atoms with Gasteiger partial charge in [0.25, 0.3) is 5.97 Å². The topological polar surface area (TPSA) is 72.9 Å². The predicted molar refractivity (Wildman–Crippen MR) is 119 cm³/mol. The molecule has 0 bridgehead atoms. The number of hydrogen-bond donors (Lipinski definition) is 2. The fourth-order valence-corrected chi connectivity index (χ4v) is 5.43. The molecule has 2 aliphatic heterocycles. The number of carbonyl (C=O) groups excluding carboxylic acids is 1. The Labute approximate surface area is 180 Å². The first kappa shape index (κ1) is 22.6. The molecule has 1 amide bonds. The Balaban J connectivity index is 0.000000589. The van der Waals surface area contributed by atoms with Crippen molar-refractivity contribution in [1.29, 1.82) is 0 Å². The molecule has 1 aromatic rings. The van der Waals surface area contributed by atoms with E-state index in [0.717, 1.165) is 56.4 Å². The third-order valence-corrected chi connectivity index (χ3v) is 7.23. The second kappa shape index (κ2) is 9.82. The van der Waals surface area contributed by atoms with E-state index in [1.54, 1.807) is 0 Å². The molecule has 1 saturated carbocycles. The van der Waals surface area contributed by atoms with Gasteiger partial charge in [-0.15, -0.1) is 0 Å². The average Bonchev–Trinajstić information content (AvgIpc) is 3.04. The number of carboxylic acids is 1. The number of nitrogens with zero attached hydrogens (tertiary/aromatic N) is 2. The summed E-state index contributed by atoms with van der Waals surface area (Å²) in [6.45, 7) is 8.56. The zero-order chi connectivity index (χ0) is 21.7. The average molecular weight is 416 g/mol. The van der Waals surface area contributed by atoms with Crippen LogP contribution in [0.25, 0.3) is 0 Å². The minimum Gasteiger partial charge on any atom is -0.481 e. The first-order valence-corrected chi connectivity index (χ1v) is 11.4. The van der Waals surface area contributed by atoms with Crippen LogP contribution in [-0.2, 0) is 9.59 Å². The van der Waals surface area contributed by atoms with Crippen LogP contribution in [0.5, 0.6) is 0 Å². The van der Waals surface area contributed by atoms with E-state index in [4.69, 9.17) is 9.90 Å². The molecule has 1 aliphatic carbocycles. The molecule has 3 aliphatic rings. The maximum atomic E-state index is 12.8. The number of aliphatic carboxylic acids is 1. The lowest BCUT2D eigenvalue weighted by Gasteiger charge is -2.47. The molecule has 0 unspecified atom stereocenters. The fourth-order valence-electron chi connectivity index (χ4n) is 5.43. The summed E-state index contributed by atoms with van der Waals surface area (Å²) in [7, 11) is 0.